The standard InChI is InChI=1S/C15H19NO2/c1-16-10-9-11-7-8-13(16)14(11)18-15(17)12-5-3-2-4-6-12/h2-6,11,13-14H,7-10H2,1H3/t11?,13?,14-/m1/s1. The zero-order valence-corrected chi connectivity index (χ0v) is 10.7. The van der Waals surface area contributed by atoms with Gasteiger partial charge < -0.3 is 4.74 Å². The molecule has 0 aromatic heterocycles. The summed E-state index contributed by atoms with van der Waals surface area (Å²) in [7, 11) is 2.13. The van der Waals surface area contributed by atoms with E-state index < -0.39 is 0 Å². The maximum Gasteiger partial charge on any atom is 0.338 e. The highest BCUT2D eigenvalue weighted by Gasteiger charge is 2.44. The molecule has 96 valence electrons. The van der Waals surface area contributed by atoms with Crippen LogP contribution in [0.4, 0.5) is 0 Å². The molecule has 3 nitrogen and oxygen atoms in total. The van der Waals surface area contributed by atoms with Crippen molar-refractivity contribution in [3.63, 3.8) is 0 Å². The second kappa shape index (κ2) is 4.73. The number of rotatable bonds is 2. The van der Waals surface area contributed by atoms with Crippen LogP contribution in [-0.4, -0.2) is 36.6 Å². The predicted octanol–water partition coefficient (Wildman–Crippen LogP) is 2.33. The number of carbonyl (C=O) groups excluding carboxylic acids is 1. The number of esters is 1. The molecule has 1 saturated heterocycles. The molecule has 3 heteroatoms. The van der Waals surface area contributed by atoms with Crippen molar-refractivity contribution in [3.8, 4) is 0 Å². The zero-order chi connectivity index (χ0) is 12.5. The Bertz CT molecular complexity index is 431. The number of piperidine rings is 1. The van der Waals surface area contributed by atoms with Crippen molar-refractivity contribution >= 4 is 5.97 Å². The van der Waals surface area contributed by atoms with E-state index in [0.717, 1.165) is 19.4 Å². The minimum Gasteiger partial charge on any atom is -0.457 e. The number of hydrogen-bond acceptors (Lipinski definition) is 3. The van der Waals surface area contributed by atoms with Crippen LogP contribution in [0.15, 0.2) is 30.3 Å². The highest BCUT2D eigenvalue weighted by atomic mass is 16.5. The number of nitrogens with zero attached hydrogens (tertiary/aromatic N) is 1. The third kappa shape index (κ3) is 2.03. The number of likely N-dealkylation sites (tertiary alicyclic amines) is 1. The topological polar surface area (TPSA) is 29.5 Å². The maximum absolute atomic E-state index is 12.1. The molecule has 1 aliphatic heterocycles. The summed E-state index contributed by atoms with van der Waals surface area (Å²) in [5, 5.41) is 0. The molecule has 3 atom stereocenters. The molecule has 2 unspecified atom stereocenters. The summed E-state index contributed by atoms with van der Waals surface area (Å²) in [5.41, 5.74) is 0.658. The number of ether oxygens (including phenoxy) is 1. The van der Waals surface area contributed by atoms with Crippen molar-refractivity contribution in [3.05, 3.63) is 35.9 Å². The first-order chi connectivity index (χ1) is 8.75. The minimum absolute atomic E-state index is 0.0939. The lowest BCUT2D eigenvalue weighted by Crippen LogP contribution is -2.47. The van der Waals surface area contributed by atoms with Crippen LogP contribution in [0.1, 0.15) is 29.6 Å². The first-order valence-electron chi connectivity index (χ1n) is 6.72. The maximum atomic E-state index is 12.1. The lowest BCUT2D eigenvalue weighted by Gasteiger charge is -2.36. The lowest BCUT2D eigenvalue weighted by atomic mass is 9.96. The average Bonchev–Trinajstić information content (AvgIpc) is 2.69. The van der Waals surface area contributed by atoms with Gasteiger partial charge in [-0.2, -0.15) is 0 Å². The van der Waals surface area contributed by atoms with E-state index in [4.69, 9.17) is 4.74 Å². The Hall–Kier alpha value is -1.35. The van der Waals surface area contributed by atoms with Crippen LogP contribution in [0.3, 0.4) is 0 Å². The summed E-state index contributed by atoms with van der Waals surface area (Å²) in [6.07, 6.45) is 3.60. The molecule has 0 radical (unpaired) electrons. The summed E-state index contributed by atoms with van der Waals surface area (Å²) >= 11 is 0. The molecule has 0 N–H and O–H groups in total. The third-order valence-corrected chi connectivity index (χ3v) is 4.35. The van der Waals surface area contributed by atoms with E-state index >= 15 is 0 Å². The molecule has 1 aromatic rings. The average molecular weight is 245 g/mol. The van der Waals surface area contributed by atoms with Gasteiger partial charge in [0.25, 0.3) is 0 Å². The molecule has 1 aliphatic carbocycles. The van der Waals surface area contributed by atoms with Crippen LogP contribution < -0.4 is 0 Å². The van der Waals surface area contributed by atoms with E-state index in [1.165, 1.54) is 6.42 Å². The number of likely N-dealkylation sites (N-methyl/N-ethyl adjacent to an activating group) is 1. The Labute approximate surface area is 108 Å². The molecule has 1 heterocycles. The highest BCUT2D eigenvalue weighted by molar-refractivity contribution is 5.89. The molecule has 2 bridgehead atoms. The SMILES string of the molecule is CN1CCC2CCC1[C@@H]2OC(=O)c1ccccc1. The molecule has 0 spiro atoms. The molecular formula is C15H19NO2. The fraction of sp³-hybridized carbons (Fsp3) is 0.533. The molecule has 1 saturated carbocycles. The second-order valence-corrected chi connectivity index (χ2v) is 5.41. The summed E-state index contributed by atoms with van der Waals surface area (Å²) in [4.78, 5) is 14.4. The molecule has 1 aromatic carbocycles. The lowest BCUT2D eigenvalue weighted by molar-refractivity contribution is -0.0195. The summed E-state index contributed by atoms with van der Waals surface area (Å²) < 4.78 is 5.75. The molecule has 2 aliphatic rings. The van der Waals surface area contributed by atoms with Gasteiger partial charge in [0.15, 0.2) is 0 Å². The Morgan fingerprint density at radius 1 is 1.22 bits per heavy atom. The number of benzene rings is 1. The Morgan fingerprint density at radius 3 is 2.78 bits per heavy atom. The van der Waals surface area contributed by atoms with Crippen molar-refractivity contribution in [2.75, 3.05) is 13.6 Å². The van der Waals surface area contributed by atoms with Gasteiger partial charge in [-0.3, -0.25) is 4.90 Å². The summed E-state index contributed by atoms with van der Waals surface area (Å²) in [5.74, 6) is 0.395. The van der Waals surface area contributed by atoms with Crippen LogP contribution in [0.25, 0.3) is 0 Å². The molecule has 18 heavy (non-hydrogen) atoms. The first-order valence-corrected chi connectivity index (χ1v) is 6.72. The highest BCUT2D eigenvalue weighted by Crippen LogP contribution is 2.38. The van der Waals surface area contributed by atoms with Crippen LogP contribution in [0.5, 0.6) is 0 Å². The quantitative estimate of drug-likeness (QED) is 0.749. The van der Waals surface area contributed by atoms with Crippen molar-refractivity contribution < 1.29 is 9.53 Å². The van der Waals surface area contributed by atoms with Crippen molar-refractivity contribution in [2.24, 2.45) is 5.92 Å². The van der Waals surface area contributed by atoms with Crippen LogP contribution in [0, 0.1) is 5.92 Å². The number of carbonyl (C=O) groups is 1. The van der Waals surface area contributed by atoms with Gasteiger partial charge in [0, 0.05) is 6.04 Å². The van der Waals surface area contributed by atoms with Gasteiger partial charge in [0.2, 0.25) is 0 Å². The van der Waals surface area contributed by atoms with Crippen LogP contribution >= 0.6 is 0 Å². The van der Waals surface area contributed by atoms with Crippen molar-refractivity contribution in [2.45, 2.75) is 31.4 Å². The third-order valence-electron chi connectivity index (χ3n) is 4.35. The Balaban J connectivity index is 1.72. The monoisotopic (exact) mass is 245 g/mol. The van der Waals surface area contributed by atoms with Crippen LogP contribution in [-0.2, 0) is 4.74 Å². The summed E-state index contributed by atoms with van der Waals surface area (Å²) in [6, 6.07) is 9.72. The Kier molecular flexibility index (Phi) is 3.08. The van der Waals surface area contributed by atoms with E-state index in [9.17, 15) is 4.79 Å². The van der Waals surface area contributed by atoms with E-state index in [0.29, 0.717) is 17.5 Å². The second-order valence-electron chi connectivity index (χ2n) is 5.41. The van der Waals surface area contributed by atoms with E-state index in [2.05, 4.69) is 11.9 Å². The van der Waals surface area contributed by atoms with Gasteiger partial charge in [0.05, 0.1) is 5.56 Å². The number of hydrogen-bond donors (Lipinski definition) is 0. The van der Waals surface area contributed by atoms with Gasteiger partial charge in [-0.1, -0.05) is 18.2 Å². The molecule has 3 rings (SSSR count). The van der Waals surface area contributed by atoms with E-state index in [-0.39, 0.29) is 12.1 Å². The zero-order valence-electron chi connectivity index (χ0n) is 10.7. The van der Waals surface area contributed by atoms with Gasteiger partial charge in [-0.15, -0.1) is 0 Å². The van der Waals surface area contributed by atoms with Crippen molar-refractivity contribution in [1.29, 1.82) is 0 Å². The smallest absolute Gasteiger partial charge is 0.338 e. The largest absolute Gasteiger partial charge is 0.457 e. The normalized spacial score (nSPS) is 31.3. The van der Waals surface area contributed by atoms with E-state index in [1.54, 1.807) is 0 Å². The van der Waals surface area contributed by atoms with E-state index in [1.807, 2.05) is 30.3 Å². The fourth-order valence-electron chi connectivity index (χ4n) is 3.28. The van der Waals surface area contributed by atoms with Gasteiger partial charge in [-0.25, -0.2) is 4.79 Å². The van der Waals surface area contributed by atoms with Crippen LogP contribution in [0.2, 0.25) is 0 Å². The molecular weight excluding hydrogens is 226 g/mol. The predicted molar refractivity (Wildman–Crippen MR) is 69.4 cm³/mol. The molecule has 2 fully saturated rings. The first kappa shape index (κ1) is 11.7. The fourth-order valence-corrected chi connectivity index (χ4v) is 3.28. The van der Waals surface area contributed by atoms with Gasteiger partial charge in [0.1, 0.15) is 6.10 Å². The number of fused-ring (bicyclic) bond motifs is 2. The van der Waals surface area contributed by atoms with Gasteiger partial charge >= 0.3 is 5.97 Å². The van der Waals surface area contributed by atoms with Gasteiger partial charge in [-0.05, 0) is 50.9 Å². The minimum atomic E-state index is -0.173. The van der Waals surface area contributed by atoms with Crippen molar-refractivity contribution in [1.82, 2.24) is 4.90 Å². The molecule has 0 amide bonds. The summed E-state index contributed by atoms with van der Waals surface area (Å²) in [6.45, 7) is 1.13. The Morgan fingerprint density at radius 2 is 2.00 bits per heavy atom.